The third-order valence-corrected chi connectivity index (χ3v) is 3.48. The Bertz CT molecular complexity index is 762. The van der Waals surface area contributed by atoms with E-state index in [4.69, 9.17) is 4.74 Å². The number of methoxy groups -OCH3 is 1. The molecule has 2 aromatic carbocycles. The molecule has 5 heteroatoms. The molecular weight excluding hydrogens is 284 g/mol. The van der Waals surface area contributed by atoms with Crippen molar-refractivity contribution in [2.45, 2.75) is 13.8 Å². The number of carboxylic acid groups (broad SMARTS) is 2. The highest BCUT2D eigenvalue weighted by molar-refractivity contribution is 6.01. The molecule has 114 valence electrons. The van der Waals surface area contributed by atoms with Crippen molar-refractivity contribution in [2.75, 3.05) is 7.11 Å². The number of aryl methyl sites for hydroxylation is 2. The molecule has 0 saturated heterocycles. The van der Waals surface area contributed by atoms with Gasteiger partial charge in [0.15, 0.2) is 0 Å². The smallest absolute Gasteiger partial charge is 0.339 e. The molecule has 0 aliphatic rings. The fourth-order valence-electron chi connectivity index (χ4n) is 2.34. The molecule has 0 heterocycles. The van der Waals surface area contributed by atoms with Crippen LogP contribution in [-0.4, -0.2) is 29.3 Å². The van der Waals surface area contributed by atoms with E-state index in [0.29, 0.717) is 11.1 Å². The Kier molecular flexibility index (Phi) is 4.17. The van der Waals surface area contributed by atoms with Crippen molar-refractivity contribution in [3.8, 4) is 16.9 Å². The van der Waals surface area contributed by atoms with Crippen LogP contribution >= 0.6 is 0 Å². The largest absolute Gasteiger partial charge is 0.496 e. The number of aromatic carboxylic acids is 2. The summed E-state index contributed by atoms with van der Waals surface area (Å²) in [5, 5.41) is 18.7. The van der Waals surface area contributed by atoms with E-state index in [-0.39, 0.29) is 16.9 Å². The Morgan fingerprint density at radius 1 is 0.909 bits per heavy atom. The van der Waals surface area contributed by atoms with Gasteiger partial charge in [0.25, 0.3) is 0 Å². The molecule has 2 rings (SSSR count). The van der Waals surface area contributed by atoms with E-state index in [9.17, 15) is 19.8 Å². The topological polar surface area (TPSA) is 83.8 Å². The number of ether oxygens (including phenoxy) is 1. The van der Waals surface area contributed by atoms with Crippen molar-refractivity contribution in [3.63, 3.8) is 0 Å². The highest BCUT2D eigenvalue weighted by atomic mass is 16.5. The summed E-state index contributed by atoms with van der Waals surface area (Å²) in [5.74, 6) is -2.27. The molecule has 0 unspecified atom stereocenters. The van der Waals surface area contributed by atoms with E-state index in [1.54, 1.807) is 0 Å². The van der Waals surface area contributed by atoms with E-state index < -0.39 is 11.9 Å². The third kappa shape index (κ3) is 2.79. The summed E-state index contributed by atoms with van der Waals surface area (Å²) in [4.78, 5) is 22.9. The lowest BCUT2D eigenvalue weighted by Crippen LogP contribution is -2.07. The SMILES string of the molecule is COc1cc(C(=O)O)c(-c2cc(C)ccc2C)cc1C(=O)O. The van der Waals surface area contributed by atoms with Gasteiger partial charge in [-0.05, 0) is 42.7 Å². The van der Waals surface area contributed by atoms with Crippen LogP contribution in [0.5, 0.6) is 5.75 Å². The van der Waals surface area contributed by atoms with Gasteiger partial charge >= 0.3 is 11.9 Å². The van der Waals surface area contributed by atoms with E-state index >= 15 is 0 Å². The van der Waals surface area contributed by atoms with Crippen molar-refractivity contribution in [1.82, 2.24) is 0 Å². The van der Waals surface area contributed by atoms with Crippen LogP contribution in [0, 0.1) is 13.8 Å². The molecule has 5 nitrogen and oxygen atoms in total. The monoisotopic (exact) mass is 300 g/mol. The molecule has 2 N–H and O–H groups in total. The van der Waals surface area contributed by atoms with Crippen molar-refractivity contribution in [1.29, 1.82) is 0 Å². The molecule has 0 atom stereocenters. The van der Waals surface area contributed by atoms with Crippen molar-refractivity contribution < 1.29 is 24.5 Å². The minimum atomic E-state index is -1.17. The van der Waals surface area contributed by atoms with E-state index in [1.165, 1.54) is 19.2 Å². The van der Waals surface area contributed by atoms with Crippen LogP contribution in [0.4, 0.5) is 0 Å². The maximum absolute atomic E-state index is 11.5. The number of hydrogen-bond donors (Lipinski definition) is 2. The Hall–Kier alpha value is -2.82. The van der Waals surface area contributed by atoms with Gasteiger partial charge in [0.1, 0.15) is 11.3 Å². The van der Waals surface area contributed by atoms with Crippen molar-refractivity contribution in [2.24, 2.45) is 0 Å². The summed E-state index contributed by atoms with van der Waals surface area (Å²) >= 11 is 0. The first-order valence-corrected chi connectivity index (χ1v) is 6.61. The van der Waals surface area contributed by atoms with Gasteiger partial charge in [-0.15, -0.1) is 0 Å². The molecule has 0 amide bonds. The second-order valence-electron chi connectivity index (χ2n) is 5.03. The molecule has 0 fully saturated rings. The maximum Gasteiger partial charge on any atom is 0.339 e. The standard InChI is InChI=1S/C17H16O5/c1-9-4-5-10(2)11(6-9)12-7-14(17(20)21)15(22-3)8-13(12)16(18)19/h4-8H,1-3H3,(H,18,19)(H,20,21). The summed E-state index contributed by atoms with van der Waals surface area (Å²) in [6.45, 7) is 3.75. The van der Waals surface area contributed by atoms with Crippen LogP contribution < -0.4 is 4.74 Å². The quantitative estimate of drug-likeness (QED) is 0.904. The van der Waals surface area contributed by atoms with Crippen LogP contribution in [0.3, 0.4) is 0 Å². The Morgan fingerprint density at radius 2 is 1.55 bits per heavy atom. The average molecular weight is 300 g/mol. The summed E-state index contributed by atoms with van der Waals surface area (Å²) in [7, 11) is 1.31. The minimum Gasteiger partial charge on any atom is -0.496 e. The molecule has 2 aromatic rings. The summed E-state index contributed by atoms with van der Waals surface area (Å²) < 4.78 is 5.00. The number of carbonyl (C=O) groups is 2. The Balaban J connectivity index is 2.83. The zero-order valence-corrected chi connectivity index (χ0v) is 12.5. The van der Waals surface area contributed by atoms with Crippen LogP contribution in [0.15, 0.2) is 30.3 Å². The van der Waals surface area contributed by atoms with Gasteiger partial charge < -0.3 is 14.9 Å². The second kappa shape index (κ2) is 5.89. The normalized spacial score (nSPS) is 10.3. The van der Waals surface area contributed by atoms with Gasteiger partial charge in [0.2, 0.25) is 0 Å². The summed E-state index contributed by atoms with van der Waals surface area (Å²) in [5.41, 5.74) is 2.84. The van der Waals surface area contributed by atoms with Crippen molar-refractivity contribution in [3.05, 3.63) is 52.6 Å². The van der Waals surface area contributed by atoms with Crippen LogP contribution in [0.1, 0.15) is 31.8 Å². The molecule has 0 radical (unpaired) electrons. The predicted molar refractivity (Wildman–Crippen MR) is 81.8 cm³/mol. The van der Waals surface area contributed by atoms with Crippen LogP contribution in [-0.2, 0) is 0 Å². The van der Waals surface area contributed by atoms with E-state index in [2.05, 4.69) is 0 Å². The first kappa shape index (κ1) is 15.6. The number of benzene rings is 2. The lowest BCUT2D eigenvalue weighted by atomic mass is 9.92. The van der Waals surface area contributed by atoms with Crippen LogP contribution in [0.25, 0.3) is 11.1 Å². The molecule has 0 saturated carbocycles. The van der Waals surface area contributed by atoms with Gasteiger partial charge in [0.05, 0.1) is 12.7 Å². The third-order valence-electron chi connectivity index (χ3n) is 3.48. The highest BCUT2D eigenvalue weighted by Gasteiger charge is 2.21. The fourth-order valence-corrected chi connectivity index (χ4v) is 2.34. The minimum absolute atomic E-state index is 0.00977. The Labute approximate surface area is 127 Å². The molecule has 0 bridgehead atoms. The highest BCUT2D eigenvalue weighted by Crippen LogP contribution is 2.33. The lowest BCUT2D eigenvalue weighted by Gasteiger charge is -2.14. The number of rotatable bonds is 4. The lowest BCUT2D eigenvalue weighted by molar-refractivity contribution is 0.0678. The van der Waals surface area contributed by atoms with Gasteiger partial charge in [-0.2, -0.15) is 0 Å². The van der Waals surface area contributed by atoms with Gasteiger partial charge in [-0.25, -0.2) is 9.59 Å². The van der Waals surface area contributed by atoms with Crippen LogP contribution in [0.2, 0.25) is 0 Å². The molecule has 0 aromatic heterocycles. The van der Waals surface area contributed by atoms with Gasteiger partial charge in [-0.1, -0.05) is 23.8 Å². The fraction of sp³-hybridized carbons (Fsp3) is 0.176. The molecule has 0 spiro atoms. The molecular formula is C17H16O5. The second-order valence-corrected chi connectivity index (χ2v) is 5.03. The Morgan fingerprint density at radius 3 is 2.09 bits per heavy atom. The van der Waals surface area contributed by atoms with E-state index in [0.717, 1.165) is 11.1 Å². The van der Waals surface area contributed by atoms with Gasteiger partial charge in [0, 0.05) is 0 Å². The van der Waals surface area contributed by atoms with Gasteiger partial charge in [-0.3, -0.25) is 0 Å². The number of carboxylic acids is 2. The van der Waals surface area contributed by atoms with E-state index in [1.807, 2.05) is 32.0 Å². The predicted octanol–water partition coefficient (Wildman–Crippen LogP) is 3.38. The molecule has 0 aliphatic carbocycles. The average Bonchev–Trinajstić information content (AvgIpc) is 2.48. The summed E-state index contributed by atoms with van der Waals surface area (Å²) in [6, 6.07) is 8.24. The zero-order valence-electron chi connectivity index (χ0n) is 12.5. The summed E-state index contributed by atoms with van der Waals surface area (Å²) in [6.07, 6.45) is 0. The van der Waals surface area contributed by atoms with Crippen molar-refractivity contribution >= 4 is 11.9 Å². The first-order chi connectivity index (χ1) is 10.3. The first-order valence-electron chi connectivity index (χ1n) is 6.61. The molecule has 0 aliphatic heterocycles. The maximum atomic E-state index is 11.5. The zero-order chi connectivity index (χ0) is 16.4. The molecule has 22 heavy (non-hydrogen) atoms. The number of hydrogen-bond acceptors (Lipinski definition) is 3.